The van der Waals surface area contributed by atoms with E-state index in [9.17, 15) is 0 Å². The quantitative estimate of drug-likeness (QED) is 0.434. The van der Waals surface area contributed by atoms with Gasteiger partial charge in [0.2, 0.25) is 0 Å². The second-order valence-corrected chi connectivity index (χ2v) is 5.81. The molecule has 0 unspecified atom stereocenters. The highest BCUT2D eigenvalue weighted by atomic mass is 127. The van der Waals surface area contributed by atoms with Crippen LogP contribution in [0.4, 0.5) is 0 Å². The van der Waals surface area contributed by atoms with Gasteiger partial charge in [-0.25, -0.2) is 4.98 Å². The van der Waals surface area contributed by atoms with Crippen LogP contribution >= 0.6 is 35.3 Å². The maximum Gasteiger partial charge on any atom is 0.191 e. The molecule has 0 amide bonds. The van der Waals surface area contributed by atoms with Crippen LogP contribution in [0.15, 0.2) is 35.5 Å². The van der Waals surface area contributed by atoms with Crippen LogP contribution in [0, 0.1) is 6.92 Å². The molecule has 0 aliphatic heterocycles. The molecule has 1 aromatic carbocycles. The smallest absolute Gasteiger partial charge is 0.191 e. The molecule has 0 atom stereocenters. The molecular formula is C15H21IN4OS. The van der Waals surface area contributed by atoms with Crippen molar-refractivity contribution in [2.75, 3.05) is 14.2 Å². The van der Waals surface area contributed by atoms with Crippen LogP contribution in [0.3, 0.4) is 0 Å². The number of aryl methyl sites for hydroxylation is 1. The molecule has 0 spiro atoms. The third-order valence-electron chi connectivity index (χ3n) is 2.89. The van der Waals surface area contributed by atoms with E-state index in [1.807, 2.05) is 30.5 Å². The molecule has 22 heavy (non-hydrogen) atoms. The van der Waals surface area contributed by atoms with E-state index in [-0.39, 0.29) is 24.0 Å². The largest absolute Gasteiger partial charge is 0.497 e. The number of hydrogen-bond acceptors (Lipinski definition) is 4. The van der Waals surface area contributed by atoms with Crippen LogP contribution in [0.2, 0.25) is 0 Å². The average Bonchev–Trinajstić information content (AvgIpc) is 2.93. The Morgan fingerprint density at radius 1 is 1.32 bits per heavy atom. The fraction of sp³-hybridized carbons (Fsp3) is 0.333. The van der Waals surface area contributed by atoms with Crippen LogP contribution in [-0.2, 0) is 13.1 Å². The maximum atomic E-state index is 5.22. The topological polar surface area (TPSA) is 58.5 Å². The van der Waals surface area contributed by atoms with Gasteiger partial charge in [-0.3, -0.25) is 4.99 Å². The first-order valence-electron chi connectivity index (χ1n) is 6.70. The summed E-state index contributed by atoms with van der Waals surface area (Å²) in [6.45, 7) is 3.42. The van der Waals surface area contributed by atoms with Crippen molar-refractivity contribution in [1.82, 2.24) is 15.6 Å². The summed E-state index contributed by atoms with van der Waals surface area (Å²) in [4.78, 5) is 9.74. The van der Waals surface area contributed by atoms with Crippen molar-refractivity contribution in [3.63, 3.8) is 0 Å². The van der Waals surface area contributed by atoms with Crippen LogP contribution in [0.1, 0.15) is 15.4 Å². The predicted octanol–water partition coefficient (Wildman–Crippen LogP) is 2.94. The van der Waals surface area contributed by atoms with E-state index in [1.165, 1.54) is 4.88 Å². The van der Waals surface area contributed by atoms with Crippen LogP contribution < -0.4 is 15.4 Å². The lowest BCUT2D eigenvalue weighted by molar-refractivity contribution is 0.414. The minimum Gasteiger partial charge on any atom is -0.497 e. The van der Waals surface area contributed by atoms with Crippen molar-refractivity contribution in [2.24, 2.45) is 4.99 Å². The van der Waals surface area contributed by atoms with Crippen LogP contribution in [-0.4, -0.2) is 25.1 Å². The molecule has 0 saturated carbocycles. The molecule has 0 aliphatic carbocycles. The normalized spacial score (nSPS) is 10.8. The van der Waals surface area contributed by atoms with Gasteiger partial charge in [-0.15, -0.1) is 35.3 Å². The maximum absolute atomic E-state index is 5.22. The summed E-state index contributed by atoms with van der Waals surface area (Å²) in [6, 6.07) is 7.96. The summed E-state index contributed by atoms with van der Waals surface area (Å²) >= 11 is 1.69. The fourth-order valence-corrected chi connectivity index (χ4v) is 2.56. The molecule has 7 heteroatoms. The molecule has 0 aliphatic rings. The second kappa shape index (κ2) is 9.62. The summed E-state index contributed by atoms with van der Waals surface area (Å²) < 4.78 is 5.22. The first-order valence-corrected chi connectivity index (χ1v) is 7.51. The standard InChI is InChI=1S/C15H20N4OS.HI/c1-11-8-17-14(21-11)10-19-15(16-2)18-9-12-5-4-6-13(7-12)20-3;/h4-8H,9-10H2,1-3H3,(H2,16,18,19);1H. The molecule has 120 valence electrons. The number of benzene rings is 1. The molecule has 0 fully saturated rings. The number of halogens is 1. The molecular weight excluding hydrogens is 411 g/mol. The Balaban J connectivity index is 0.00000242. The Morgan fingerprint density at radius 2 is 2.09 bits per heavy atom. The van der Waals surface area contributed by atoms with E-state index < -0.39 is 0 Å². The summed E-state index contributed by atoms with van der Waals surface area (Å²) in [7, 11) is 3.43. The Kier molecular flexibility index (Phi) is 8.18. The van der Waals surface area contributed by atoms with Crippen molar-refractivity contribution in [2.45, 2.75) is 20.0 Å². The van der Waals surface area contributed by atoms with Crippen molar-refractivity contribution in [3.05, 3.63) is 45.9 Å². The highest BCUT2D eigenvalue weighted by molar-refractivity contribution is 14.0. The lowest BCUT2D eigenvalue weighted by atomic mass is 10.2. The number of nitrogens with zero attached hydrogens (tertiary/aromatic N) is 2. The molecule has 2 rings (SSSR count). The second-order valence-electron chi connectivity index (χ2n) is 4.50. The Morgan fingerprint density at radius 3 is 2.73 bits per heavy atom. The first-order chi connectivity index (χ1) is 10.2. The Bertz CT molecular complexity index is 615. The van der Waals surface area contributed by atoms with Gasteiger partial charge in [-0.1, -0.05) is 12.1 Å². The van der Waals surface area contributed by atoms with Crippen LogP contribution in [0.25, 0.3) is 0 Å². The van der Waals surface area contributed by atoms with E-state index in [2.05, 4.69) is 27.5 Å². The van der Waals surface area contributed by atoms with Crippen molar-refractivity contribution < 1.29 is 4.74 Å². The molecule has 1 heterocycles. The van der Waals surface area contributed by atoms with E-state index in [0.29, 0.717) is 13.1 Å². The minimum absolute atomic E-state index is 0. The van der Waals surface area contributed by atoms with Gasteiger partial charge in [0.1, 0.15) is 10.8 Å². The molecule has 5 nitrogen and oxygen atoms in total. The number of methoxy groups -OCH3 is 1. The Labute approximate surface area is 152 Å². The van der Waals surface area contributed by atoms with Gasteiger partial charge in [0.05, 0.1) is 13.7 Å². The fourth-order valence-electron chi connectivity index (χ4n) is 1.83. The average molecular weight is 432 g/mol. The first kappa shape index (κ1) is 18.7. The number of hydrogen-bond donors (Lipinski definition) is 2. The molecule has 0 bridgehead atoms. The van der Waals surface area contributed by atoms with E-state index in [1.54, 1.807) is 25.5 Å². The van der Waals surface area contributed by atoms with Crippen molar-refractivity contribution in [3.8, 4) is 5.75 Å². The minimum atomic E-state index is 0. The molecule has 2 aromatic rings. The molecule has 2 N–H and O–H groups in total. The lowest BCUT2D eigenvalue weighted by Crippen LogP contribution is -2.36. The number of nitrogens with one attached hydrogen (secondary N) is 2. The van der Waals surface area contributed by atoms with Gasteiger partial charge in [-0.2, -0.15) is 0 Å². The van der Waals surface area contributed by atoms with Crippen molar-refractivity contribution >= 4 is 41.3 Å². The third kappa shape index (κ3) is 5.80. The van der Waals surface area contributed by atoms with Gasteiger partial charge < -0.3 is 15.4 Å². The number of ether oxygens (including phenoxy) is 1. The third-order valence-corrected chi connectivity index (χ3v) is 3.81. The highest BCUT2D eigenvalue weighted by Gasteiger charge is 2.02. The molecule has 0 radical (unpaired) electrons. The molecule has 1 aromatic heterocycles. The van der Waals surface area contributed by atoms with Gasteiger partial charge in [0.25, 0.3) is 0 Å². The number of thiazole rings is 1. The summed E-state index contributed by atoms with van der Waals surface area (Å²) in [5.74, 6) is 1.61. The predicted molar refractivity (Wildman–Crippen MR) is 102 cm³/mol. The van der Waals surface area contributed by atoms with E-state index in [0.717, 1.165) is 22.3 Å². The zero-order valence-electron chi connectivity index (χ0n) is 12.9. The monoisotopic (exact) mass is 432 g/mol. The van der Waals surface area contributed by atoms with E-state index in [4.69, 9.17) is 4.74 Å². The van der Waals surface area contributed by atoms with Gasteiger partial charge in [-0.05, 0) is 24.6 Å². The van der Waals surface area contributed by atoms with Crippen molar-refractivity contribution in [1.29, 1.82) is 0 Å². The number of guanidine groups is 1. The summed E-state index contributed by atoms with van der Waals surface area (Å²) in [6.07, 6.45) is 1.88. The highest BCUT2D eigenvalue weighted by Crippen LogP contribution is 2.12. The van der Waals surface area contributed by atoms with Gasteiger partial charge in [0, 0.05) is 24.7 Å². The number of rotatable bonds is 5. The number of aliphatic imine (C=N–C) groups is 1. The summed E-state index contributed by atoms with van der Waals surface area (Å²) in [5.41, 5.74) is 1.14. The summed E-state index contributed by atoms with van der Waals surface area (Å²) in [5, 5.41) is 7.58. The van der Waals surface area contributed by atoms with Gasteiger partial charge in [0.15, 0.2) is 5.96 Å². The zero-order chi connectivity index (χ0) is 15.1. The number of aromatic nitrogens is 1. The van der Waals surface area contributed by atoms with Gasteiger partial charge >= 0.3 is 0 Å². The van der Waals surface area contributed by atoms with Crippen LogP contribution in [0.5, 0.6) is 5.75 Å². The zero-order valence-corrected chi connectivity index (χ0v) is 16.1. The molecule has 0 saturated heterocycles. The van der Waals surface area contributed by atoms with E-state index >= 15 is 0 Å². The lowest BCUT2D eigenvalue weighted by Gasteiger charge is -2.11. The SMILES string of the molecule is CN=C(NCc1cccc(OC)c1)NCc1ncc(C)s1.I. The Hall–Kier alpha value is -1.35.